The molecule has 1 saturated carbocycles. The summed E-state index contributed by atoms with van der Waals surface area (Å²) in [7, 11) is 0. The van der Waals surface area contributed by atoms with Crippen molar-refractivity contribution < 1.29 is 14.0 Å². The molecule has 9 heteroatoms. The molecule has 0 aliphatic heterocycles. The van der Waals surface area contributed by atoms with Crippen molar-refractivity contribution in [2.75, 3.05) is 10.7 Å². The van der Waals surface area contributed by atoms with Gasteiger partial charge in [-0.05, 0) is 30.5 Å². The Kier molecular flexibility index (Phi) is 6.20. The largest absolute Gasteiger partial charge is 0.351 e. The number of nitrogens with one attached hydrogen (secondary N) is 1. The van der Waals surface area contributed by atoms with Crippen LogP contribution < -0.4 is 10.2 Å². The fraction of sp³-hybridized carbons (Fsp3) is 0.412. The Labute approximate surface area is 159 Å². The molecule has 0 radical (unpaired) electrons. The minimum absolute atomic E-state index is 0.0530. The van der Waals surface area contributed by atoms with Gasteiger partial charge in [0.05, 0.1) is 5.75 Å². The number of hydrogen-bond acceptors (Lipinski definition) is 6. The Bertz CT molecular complexity index is 777. The van der Waals surface area contributed by atoms with Crippen molar-refractivity contribution in [1.82, 2.24) is 15.5 Å². The van der Waals surface area contributed by atoms with Crippen LogP contribution in [-0.4, -0.2) is 33.8 Å². The van der Waals surface area contributed by atoms with Gasteiger partial charge in [-0.25, -0.2) is 4.39 Å². The van der Waals surface area contributed by atoms with Gasteiger partial charge in [0, 0.05) is 19.0 Å². The number of carbonyl (C=O) groups excluding carboxylic acids is 2. The average molecular weight is 394 g/mol. The maximum atomic E-state index is 12.9. The number of nitrogens with zero attached hydrogens (tertiary/aromatic N) is 3. The second kappa shape index (κ2) is 8.59. The zero-order chi connectivity index (χ0) is 18.5. The van der Waals surface area contributed by atoms with Crippen molar-refractivity contribution in [1.29, 1.82) is 0 Å². The van der Waals surface area contributed by atoms with Crippen molar-refractivity contribution in [2.24, 2.45) is 0 Å². The monoisotopic (exact) mass is 394 g/mol. The number of hydrogen-bond donors (Lipinski definition) is 1. The summed E-state index contributed by atoms with van der Waals surface area (Å²) >= 11 is 2.63. The van der Waals surface area contributed by atoms with Crippen LogP contribution >= 0.6 is 23.1 Å². The van der Waals surface area contributed by atoms with E-state index < -0.39 is 0 Å². The second-order valence-corrected chi connectivity index (χ2v) is 8.07. The standard InChI is InChI=1S/C17H19FN4O2S2/c1-2-15(24)22(13-7-8-13)16-20-21-17(26-16)25-10-14(23)19-9-11-3-5-12(18)6-4-11/h3-6,13H,2,7-10H2,1H3,(H,19,23). The quantitative estimate of drug-likeness (QED) is 0.550. The summed E-state index contributed by atoms with van der Waals surface area (Å²) in [5, 5.41) is 11.6. The normalized spacial score (nSPS) is 13.5. The van der Waals surface area contributed by atoms with Gasteiger partial charge < -0.3 is 5.32 Å². The number of halogens is 1. The lowest BCUT2D eigenvalue weighted by molar-refractivity contribution is -0.119. The predicted octanol–water partition coefficient (Wildman–Crippen LogP) is 2.99. The summed E-state index contributed by atoms with van der Waals surface area (Å²) in [6, 6.07) is 6.24. The van der Waals surface area contributed by atoms with Crippen molar-refractivity contribution in [2.45, 2.75) is 43.1 Å². The molecule has 1 heterocycles. The molecule has 138 valence electrons. The number of carbonyl (C=O) groups is 2. The molecule has 1 N–H and O–H groups in total. The molecule has 26 heavy (non-hydrogen) atoms. The molecule has 3 rings (SSSR count). The second-order valence-electron chi connectivity index (χ2n) is 5.89. The van der Waals surface area contributed by atoms with E-state index in [4.69, 9.17) is 0 Å². The third-order valence-corrected chi connectivity index (χ3v) is 5.87. The van der Waals surface area contributed by atoms with E-state index in [0.29, 0.717) is 22.4 Å². The zero-order valence-electron chi connectivity index (χ0n) is 14.3. The molecule has 0 atom stereocenters. The highest BCUT2D eigenvalue weighted by atomic mass is 32.2. The average Bonchev–Trinajstić information content (AvgIpc) is 3.37. The first kappa shape index (κ1) is 18.8. The van der Waals surface area contributed by atoms with E-state index in [0.717, 1.165) is 18.4 Å². The maximum absolute atomic E-state index is 12.9. The van der Waals surface area contributed by atoms with Gasteiger partial charge in [-0.2, -0.15) is 0 Å². The first-order valence-corrected chi connectivity index (χ1v) is 10.2. The summed E-state index contributed by atoms with van der Waals surface area (Å²) < 4.78 is 13.5. The lowest BCUT2D eigenvalue weighted by Crippen LogP contribution is -2.32. The van der Waals surface area contributed by atoms with Crippen LogP contribution in [0.1, 0.15) is 31.7 Å². The van der Waals surface area contributed by atoms with Gasteiger partial charge in [-0.3, -0.25) is 14.5 Å². The number of benzene rings is 1. The minimum atomic E-state index is -0.301. The molecule has 1 fully saturated rings. The van der Waals surface area contributed by atoms with Gasteiger partial charge in [0.15, 0.2) is 4.34 Å². The lowest BCUT2D eigenvalue weighted by atomic mass is 10.2. The molecule has 6 nitrogen and oxygen atoms in total. The summed E-state index contributed by atoms with van der Waals surface area (Å²) in [5.74, 6) is -0.178. The first-order valence-electron chi connectivity index (χ1n) is 8.36. The fourth-order valence-electron chi connectivity index (χ4n) is 2.31. The molecule has 1 aromatic carbocycles. The van der Waals surface area contributed by atoms with Gasteiger partial charge in [-0.15, -0.1) is 10.2 Å². The van der Waals surface area contributed by atoms with Crippen LogP contribution in [0.3, 0.4) is 0 Å². The highest BCUT2D eigenvalue weighted by molar-refractivity contribution is 8.01. The van der Waals surface area contributed by atoms with Gasteiger partial charge in [-0.1, -0.05) is 42.2 Å². The number of thioether (sulfide) groups is 1. The van der Waals surface area contributed by atoms with E-state index >= 15 is 0 Å². The molecular formula is C17H19FN4O2S2. The van der Waals surface area contributed by atoms with Crippen LogP contribution in [0.2, 0.25) is 0 Å². The topological polar surface area (TPSA) is 75.2 Å². The fourth-order valence-corrected chi connectivity index (χ4v) is 4.07. The Morgan fingerprint density at radius 3 is 2.69 bits per heavy atom. The van der Waals surface area contributed by atoms with E-state index in [2.05, 4.69) is 15.5 Å². The van der Waals surface area contributed by atoms with E-state index in [1.165, 1.54) is 35.2 Å². The molecule has 1 aliphatic carbocycles. The Balaban J connectivity index is 1.48. The van der Waals surface area contributed by atoms with Crippen LogP contribution in [0.25, 0.3) is 0 Å². The smallest absolute Gasteiger partial charge is 0.230 e. The highest BCUT2D eigenvalue weighted by Gasteiger charge is 2.35. The summed E-state index contributed by atoms with van der Waals surface area (Å²) in [5.41, 5.74) is 0.834. The van der Waals surface area contributed by atoms with E-state index in [-0.39, 0.29) is 29.4 Å². The van der Waals surface area contributed by atoms with Crippen molar-refractivity contribution in [3.8, 4) is 0 Å². The number of aromatic nitrogens is 2. The molecule has 2 aromatic rings. The highest BCUT2D eigenvalue weighted by Crippen LogP contribution is 2.36. The molecular weight excluding hydrogens is 375 g/mol. The third kappa shape index (κ3) is 5.01. The molecule has 0 spiro atoms. The van der Waals surface area contributed by atoms with Crippen molar-refractivity contribution in [3.05, 3.63) is 35.6 Å². The molecule has 1 aromatic heterocycles. The first-order chi connectivity index (χ1) is 12.6. The molecule has 1 aliphatic rings. The maximum Gasteiger partial charge on any atom is 0.230 e. The molecule has 2 amide bonds. The van der Waals surface area contributed by atoms with Gasteiger partial charge in [0.1, 0.15) is 5.82 Å². The van der Waals surface area contributed by atoms with Crippen LogP contribution in [-0.2, 0) is 16.1 Å². The summed E-state index contributed by atoms with van der Waals surface area (Å²) in [6.45, 7) is 2.18. The lowest BCUT2D eigenvalue weighted by Gasteiger charge is -2.17. The van der Waals surface area contributed by atoms with Crippen LogP contribution in [0.15, 0.2) is 28.6 Å². The van der Waals surface area contributed by atoms with E-state index in [1.807, 2.05) is 6.92 Å². The molecule has 0 saturated heterocycles. The van der Waals surface area contributed by atoms with Gasteiger partial charge in [0.25, 0.3) is 0 Å². The predicted molar refractivity (Wildman–Crippen MR) is 99.7 cm³/mol. The molecule has 0 bridgehead atoms. The van der Waals surface area contributed by atoms with Crippen LogP contribution in [0, 0.1) is 5.82 Å². The van der Waals surface area contributed by atoms with Crippen LogP contribution in [0.5, 0.6) is 0 Å². The van der Waals surface area contributed by atoms with E-state index in [9.17, 15) is 14.0 Å². The summed E-state index contributed by atoms with van der Waals surface area (Å²) in [4.78, 5) is 25.8. The third-order valence-electron chi connectivity index (χ3n) is 3.81. The van der Waals surface area contributed by atoms with E-state index in [1.54, 1.807) is 17.0 Å². The van der Waals surface area contributed by atoms with Crippen LogP contribution in [0.4, 0.5) is 9.52 Å². The zero-order valence-corrected chi connectivity index (χ0v) is 15.9. The van der Waals surface area contributed by atoms with Gasteiger partial charge >= 0.3 is 0 Å². The SMILES string of the molecule is CCC(=O)N(c1nnc(SCC(=O)NCc2ccc(F)cc2)s1)C1CC1. The summed E-state index contributed by atoms with van der Waals surface area (Å²) in [6.07, 6.45) is 2.43. The number of rotatable bonds is 8. The Morgan fingerprint density at radius 2 is 2.04 bits per heavy atom. The number of amides is 2. The van der Waals surface area contributed by atoms with Gasteiger partial charge in [0.2, 0.25) is 16.9 Å². The Morgan fingerprint density at radius 1 is 1.31 bits per heavy atom. The minimum Gasteiger partial charge on any atom is -0.351 e. The van der Waals surface area contributed by atoms with Crippen molar-refractivity contribution in [3.63, 3.8) is 0 Å². The number of anilines is 1. The van der Waals surface area contributed by atoms with Crippen molar-refractivity contribution >= 4 is 40.0 Å². The molecule has 0 unspecified atom stereocenters. The Hall–Kier alpha value is -2.00.